The van der Waals surface area contributed by atoms with E-state index in [1.165, 1.54) is 18.4 Å². The molecule has 0 aromatic carbocycles. The molecule has 0 unspecified atom stereocenters. The van der Waals surface area contributed by atoms with Crippen LogP contribution in [0.25, 0.3) is 0 Å². The van der Waals surface area contributed by atoms with Crippen molar-refractivity contribution in [2.45, 2.75) is 78.4 Å². The van der Waals surface area contributed by atoms with Gasteiger partial charge in [-0.05, 0) is 72.8 Å². The molecule has 7 nitrogen and oxygen atoms in total. The number of imide groups is 1. The Kier molecular flexibility index (Phi) is 6.43. The molecule has 28 heavy (non-hydrogen) atoms. The van der Waals surface area contributed by atoms with Crippen LogP contribution in [0.15, 0.2) is 0 Å². The van der Waals surface area contributed by atoms with Crippen LogP contribution in [0.5, 0.6) is 0 Å². The molecule has 0 spiro atoms. The van der Waals surface area contributed by atoms with Crippen molar-refractivity contribution in [2.24, 2.45) is 0 Å². The molecule has 1 aliphatic rings. The number of amides is 2. The highest BCUT2D eigenvalue weighted by atomic mass is 32.1. The fourth-order valence-electron chi connectivity index (χ4n) is 2.88. The van der Waals surface area contributed by atoms with Gasteiger partial charge in [-0.3, -0.25) is 0 Å². The number of nitrogens with zero attached hydrogens (tertiary/aromatic N) is 1. The van der Waals surface area contributed by atoms with Crippen molar-refractivity contribution in [1.82, 2.24) is 0 Å². The summed E-state index contributed by atoms with van der Waals surface area (Å²) < 4.78 is 15.8. The Bertz CT molecular complexity index is 741. The number of hydrogen-bond donors (Lipinski definition) is 0. The maximum atomic E-state index is 12.9. The summed E-state index contributed by atoms with van der Waals surface area (Å²) in [4.78, 5) is 40.2. The van der Waals surface area contributed by atoms with E-state index < -0.39 is 29.4 Å². The number of rotatable bonds is 2. The zero-order valence-corrected chi connectivity index (χ0v) is 18.4. The maximum Gasteiger partial charge on any atom is 0.425 e. The van der Waals surface area contributed by atoms with E-state index in [-0.39, 0.29) is 10.6 Å². The number of ether oxygens (including phenoxy) is 3. The summed E-state index contributed by atoms with van der Waals surface area (Å²) in [5.74, 6) is -0.577. The fourth-order valence-corrected chi connectivity index (χ4v) is 4.23. The summed E-state index contributed by atoms with van der Waals surface area (Å²) in [5, 5.41) is 0.197. The maximum absolute atomic E-state index is 12.9. The molecule has 0 atom stereocenters. The lowest BCUT2D eigenvalue weighted by molar-refractivity contribution is 0.0432. The van der Waals surface area contributed by atoms with E-state index >= 15 is 0 Å². The number of hydrogen-bond acceptors (Lipinski definition) is 7. The molecule has 1 aromatic rings. The third kappa shape index (κ3) is 5.25. The van der Waals surface area contributed by atoms with Crippen molar-refractivity contribution in [1.29, 1.82) is 0 Å². The third-order valence-electron chi connectivity index (χ3n) is 3.90. The smallest absolute Gasteiger partial charge is 0.425 e. The Hall–Kier alpha value is -2.09. The van der Waals surface area contributed by atoms with Crippen LogP contribution in [0.1, 0.15) is 75.2 Å². The van der Waals surface area contributed by atoms with E-state index in [0.29, 0.717) is 6.42 Å². The summed E-state index contributed by atoms with van der Waals surface area (Å²) in [6.45, 7) is 10.2. The number of fused-ring (bicyclic) bond motifs is 1. The molecule has 1 heterocycles. The van der Waals surface area contributed by atoms with Gasteiger partial charge in [0.1, 0.15) is 16.2 Å². The van der Waals surface area contributed by atoms with Gasteiger partial charge in [0.2, 0.25) is 0 Å². The number of methoxy groups -OCH3 is 1. The predicted octanol–water partition coefficient (Wildman–Crippen LogP) is 5.09. The van der Waals surface area contributed by atoms with Gasteiger partial charge in [-0.15, -0.1) is 11.3 Å². The Morgan fingerprint density at radius 1 is 0.893 bits per heavy atom. The van der Waals surface area contributed by atoms with Crippen molar-refractivity contribution < 1.29 is 28.6 Å². The second-order valence-corrected chi connectivity index (χ2v) is 9.76. The number of carbonyl (C=O) groups excluding carboxylic acids is 3. The van der Waals surface area contributed by atoms with Crippen molar-refractivity contribution >= 4 is 34.5 Å². The molecular weight excluding hydrogens is 382 g/mol. The van der Waals surface area contributed by atoms with Crippen molar-refractivity contribution in [3.8, 4) is 0 Å². The minimum Gasteiger partial charge on any atom is -0.465 e. The molecule has 156 valence electrons. The number of aryl methyl sites for hydroxylation is 1. The molecule has 0 bridgehead atoms. The topological polar surface area (TPSA) is 82.1 Å². The molecular formula is C20H29NO6S. The second-order valence-electron chi connectivity index (χ2n) is 8.68. The van der Waals surface area contributed by atoms with Crippen LogP contribution in [-0.4, -0.2) is 36.5 Å². The molecule has 0 fully saturated rings. The quantitative estimate of drug-likeness (QED) is 0.498. The van der Waals surface area contributed by atoms with Gasteiger partial charge in [0.05, 0.1) is 12.7 Å². The molecule has 0 N–H and O–H groups in total. The average Bonchev–Trinajstić information content (AvgIpc) is 2.89. The van der Waals surface area contributed by atoms with Gasteiger partial charge < -0.3 is 14.2 Å². The van der Waals surface area contributed by atoms with E-state index in [2.05, 4.69) is 0 Å². The number of esters is 1. The van der Waals surface area contributed by atoms with E-state index in [4.69, 9.17) is 14.2 Å². The lowest BCUT2D eigenvalue weighted by Gasteiger charge is -2.28. The lowest BCUT2D eigenvalue weighted by atomic mass is 9.95. The molecule has 1 aromatic heterocycles. The summed E-state index contributed by atoms with van der Waals surface area (Å²) in [6.07, 6.45) is 1.65. The van der Waals surface area contributed by atoms with Gasteiger partial charge in [0.15, 0.2) is 0 Å². The molecule has 1 aliphatic carbocycles. The van der Waals surface area contributed by atoms with Gasteiger partial charge in [-0.2, -0.15) is 4.90 Å². The molecule has 0 saturated heterocycles. The summed E-state index contributed by atoms with van der Waals surface area (Å²) in [6, 6.07) is 0. The van der Waals surface area contributed by atoms with Crippen molar-refractivity contribution in [3.63, 3.8) is 0 Å². The Morgan fingerprint density at radius 2 is 1.39 bits per heavy atom. The van der Waals surface area contributed by atoms with E-state index in [9.17, 15) is 14.4 Å². The minimum atomic E-state index is -0.884. The van der Waals surface area contributed by atoms with E-state index in [1.807, 2.05) is 0 Å². The summed E-state index contributed by atoms with van der Waals surface area (Å²) in [7, 11) is 1.28. The van der Waals surface area contributed by atoms with Gasteiger partial charge in [0.25, 0.3) is 0 Å². The van der Waals surface area contributed by atoms with Crippen LogP contribution in [0.2, 0.25) is 0 Å². The van der Waals surface area contributed by atoms with Gasteiger partial charge >= 0.3 is 18.2 Å². The van der Waals surface area contributed by atoms with E-state index in [0.717, 1.165) is 34.6 Å². The van der Waals surface area contributed by atoms with Gasteiger partial charge in [-0.25, -0.2) is 14.4 Å². The van der Waals surface area contributed by atoms with Crippen LogP contribution in [0, 0.1) is 0 Å². The highest BCUT2D eigenvalue weighted by Gasteiger charge is 2.39. The number of thiophene rings is 1. The third-order valence-corrected chi connectivity index (χ3v) is 5.17. The normalized spacial score (nSPS) is 14.1. The minimum absolute atomic E-state index is 0.197. The first kappa shape index (κ1) is 22.2. The molecule has 0 saturated carbocycles. The van der Waals surface area contributed by atoms with Crippen LogP contribution < -0.4 is 4.90 Å². The largest absolute Gasteiger partial charge is 0.465 e. The lowest BCUT2D eigenvalue weighted by Crippen LogP contribution is -2.44. The average molecular weight is 412 g/mol. The van der Waals surface area contributed by atoms with Crippen molar-refractivity contribution in [3.05, 3.63) is 16.0 Å². The molecule has 0 aliphatic heterocycles. The van der Waals surface area contributed by atoms with Crippen LogP contribution >= 0.6 is 11.3 Å². The SMILES string of the molecule is COC(=O)c1c(N(C(=O)OC(C)(C)C)C(=O)OC(C)(C)C)sc2c1CCCC2. The standard InChI is InChI=1S/C20H29NO6S/c1-19(2,3)26-17(23)21(18(24)27-20(4,5)6)15-14(16(22)25-7)12-10-8-9-11-13(12)28-15/h8-11H2,1-7H3. The van der Waals surface area contributed by atoms with Gasteiger partial charge in [0, 0.05) is 4.88 Å². The number of anilines is 1. The van der Waals surface area contributed by atoms with Gasteiger partial charge in [-0.1, -0.05) is 0 Å². The monoisotopic (exact) mass is 411 g/mol. The predicted molar refractivity (Wildman–Crippen MR) is 107 cm³/mol. The van der Waals surface area contributed by atoms with E-state index in [1.54, 1.807) is 41.5 Å². The summed E-state index contributed by atoms with van der Waals surface area (Å²) >= 11 is 1.25. The highest BCUT2D eigenvalue weighted by Crippen LogP contribution is 2.41. The zero-order valence-electron chi connectivity index (χ0n) is 17.6. The first-order valence-electron chi connectivity index (χ1n) is 9.33. The van der Waals surface area contributed by atoms with Crippen molar-refractivity contribution in [2.75, 3.05) is 12.0 Å². The number of carbonyl (C=O) groups is 3. The fraction of sp³-hybridized carbons (Fsp3) is 0.650. The second kappa shape index (κ2) is 8.11. The van der Waals surface area contributed by atoms with Crippen LogP contribution in [0.3, 0.4) is 0 Å². The molecule has 8 heteroatoms. The summed E-state index contributed by atoms with van der Waals surface area (Å²) in [5.41, 5.74) is -0.548. The first-order chi connectivity index (χ1) is 12.8. The Balaban J connectivity index is 2.59. The van der Waals surface area contributed by atoms with Crippen LogP contribution in [-0.2, 0) is 27.1 Å². The highest BCUT2D eigenvalue weighted by molar-refractivity contribution is 7.17. The molecule has 2 amide bonds. The molecule has 2 rings (SSSR count). The first-order valence-corrected chi connectivity index (χ1v) is 10.1. The van der Waals surface area contributed by atoms with Crippen LogP contribution in [0.4, 0.5) is 14.6 Å². The molecule has 0 radical (unpaired) electrons. The Labute approximate surface area is 169 Å². The zero-order chi connectivity index (χ0) is 21.3. The Morgan fingerprint density at radius 3 is 1.86 bits per heavy atom.